The van der Waals surface area contributed by atoms with Gasteiger partial charge in [0.15, 0.2) is 0 Å². The molecule has 4 heteroatoms. The molecule has 0 atom stereocenters. The van der Waals surface area contributed by atoms with Crippen molar-refractivity contribution in [3.8, 4) is 0 Å². The molecular formula is C17H30N2O2. The maximum atomic E-state index is 12.4. The number of nitrogens with zero attached hydrogens (tertiary/aromatic N) is 1. The molecule has 0 spiro atoms. The molecule has 1 saturated carbocycles. The first-order valence-corrected chi connectivity index (χ1v) is 8.74. The second kappa shape index (κ2) is 7.81. The van der Waals surface area contributed by atoms with Crippen LogP contribution < -0.4 is 5.32 Å². The van der Waals surface area contributed by atoms with Gasteiger partial charge in [-0.15, -0.1) is 0 Å². The van der Waals surface area contributed by atoms with Crippen LogP contribution in [0.15, 0.2) is 0 Å². The van der Waals surface area contributed by atoms with Gasteiger partial charge in [0.2, 0.25) is 11.8 Å². The van der Waals surface area contributed by atoms with Crippen molar-refractivity contribution in [2.45, 2.75) is 71.3 Å². The van der Waals surface area contributed by atoms with Crippen LogP contribution in [0.3, 0.4) is 0 Å². The van der Waals surface area contributed by atoms with Gasteiger partial charge in [0.1, 0.15) is 0 Å². The van der Waals surface area contributed by atoms with Crippen LogP contribution in [0.25, 0.3) is 0 Å². The molecule has 1 heterocycles. The van der Waals surface area contributed by atoms with Gasteiger partial charge in [0.05, 0.1) is 0 Å². The Kier molecular flexibility index (Phi) is 6.07. The van der Waals surface area contributed by atoms with Crippen molar-refractivity contribution < 1.29 is 9.59 Å². The lowest BCUT2D eigenvalue weighted by molar-refractivity contribution is -0.136. The van der Waals surface area contributed by atoms with E-state index < -0.39 is 0 Å². The highest BCUT2D eigenvalue weighted by atomic mass is 16.2. The number of piperidine rings is 1. The van der Waals surface area contributed by atoms with Crippen molar-refractivity contribution in [1.29, 1.82) is 0 Å². The molecule has 1 aliphatic heterocycles. The first-order valence-electron chi connectivity index (χ1n) is 8.74. The number of amides is 2. The topological polar surface area (TPSA) is 49.4 Å². The standard InChI is InChI=1S/C17H30N2O2/c1-3-13(4-2)16(20)18-15-9-11-19(12-10-15)17(21)14-7-5-6-8-14/h13-15H,3-12H2,1-2H3,(H,18,20). The van der Waals surface area contributed by atoms with Gasteiger partial charge < -0.3 is 10.2 Å². The van der Waals surface area contributed by atoms with Crippen LogP contribution in [-0.4, -0.2) is 35.8 Å². The lowest BCUT2D eigenvalue weighted by Gasteiger charge is -2.34. The summed E-state index contributed by atoms with van der Waals surface area (Å²) in [6.07, 6.45) is 8.18. The van der Waals surface area contributed by atoms with Crippen LogP contribution in [0.4, 0.5) is 0 Å². The van der Waals surface area contributed by atoms with Crippen molar-refractivity contribution in [3.05, 3.63) is 0 Å². The Labute approximate surface area is 128 Å². The molecule has 2 amide bonds. The van der Waals surface area contributed by atoms with E-state index in [0.717, 1.165) is 51.6 Å². The Hall–Kier alpha value is -1.06. The Balaban J connectivity index is 1.75. The van der Waals surface area contributed by atoms with Crippen LogP contribution in [0.5, 0.6) is 0 Å². The summed E-state index contributed by atoms with van der Waals surface area (Å²) in [5, 5.41) is 3.17. The minimum atomic E-state index is 0.142. The molecule has 0 unspecified atom stereocenters. The van der Waals surface area contributed by atoms with E-state index in [1.54, 1.807) is 0 Å². The van der Waals surface area contributed by atoms with Gasteiger partial charge in [-0.3, -0.25) is 9.59 Å². The fourth-order valence-electron chi connectivity index (χ4n) is 3.65. The zero-order valence-electron chi connectivity index (χ0n) is 13.6. The predicted molar refractivity (Wildman–Crippen MR) is 83.8 cm³/mol. The average molecular weight is 294 g/mol. The van der Waals surface area contributed by atoms with Gasteiger partial charge in [-0.1, -0.05) is 26.7 Å². The van der Waals surface area contributed by atoms with E-state index in [9.17, 15) is 9.59 Å². The Bertz CT molecular complexity index is 352. The first-order chi connectivity index (χ1) is 10.2. The van der Waals surface area contributed by atoms with E-state index in [4.69, 9.17) is 0 Å². The summed E-state index contributed by atoms with van der Waals surface area (Å²) in [6.45, 7) is 5.75. The molecule has 0 bridgehead atoms. The van der Waals surface area contributed by atoms with E-state index in [1.807, 2.05) is 4.90 Å². The summed E-state index contributed by atoms with van der Waals surface area (Å²) in [4.78, 5) is 26.5. The van der Waals surface area contributed by atoms with Crippen molar-refractivity contribution in [3.63, 3.8) is 0 Å². The average Bonchev–Trinajstić information content (AvgIpc) is 3.03. The van der Waals surface area contributed by atoms with Gasteiger partial charge in [-0.25, -0.2) is 0 Å². The number of rotatable bonds is 5. The summed E-state index contributed by atoms with van der Waals surface area (Å²) in [5.41, 5.74) is 0. The molecule has 0 radical (unpaired) electrons. The van der Waals surface area contributed by atoms with E-state index >= 15 is 0 Å². The lowest BCUT2D eigenvalue weighted by Crippen LogP contribution is -2.48. The zero-order chi connectivity index (χ0) is 15.2. The molecular weight excluding hydrogens is 264 g/mol. The van der Waals surface area contributed by atoms with Crippen LogP contribution in [0.2, 0.25) is 0 Å². The third-order valence-corrected chi connectivity index (χ3v) is 5.21. The van der Waals surface area contributed by atoms with Gasteiger partial charge in [-0.05, 0) is 38.5 Å². The molecule has 0 aromatic rings. The summed E-state index contributed by atoms with van der Waals surface area (Å²) in [6, 6.07) is 0.255. The molecule has 120 valence electrons. The lowest BCUT2D eigenvalue weighted by atomic mass is 9.98. The molecule has 1 N–H and O–H groups in total. The highest BCUT2D eigenvalue weighted by Gasteiger charge is 2.30. The fourth-order valence-corrected chi connectivity index (χ4v) is 3.65. The molecule has 2 aliphatic rings. The van der Waals surface area contributed by atoms with Crippen LogP contribution >= 0.6 is 0 Å². The third-order valence-electron chi connectivity index (χ3n) is 5.21. The highest BCUT2D eigenvalue weighted by molar-refractivity contribution is 5.80. The van der Waals surface area contributed by atoms with E-state index in [0.29, 0.717) is 5.91 Å². The monoisotopic (exact) mass is 294 g/mol. The molecule has 4 nitrogen and oxygen atoms in total. The van der Waals surface area contributed by atoms with Gasteiger partial charge in [0, 0.05) is 31.0 Å². The second-order valence-electron chi connectivity index (χ2n) is 6.60. The number of hydrogen-bond donors (Lipinski definition) is 1. The summed E-state index contributed by atoms with van der Waals surface area (Å²) >= 11 is 0. The van der Waals surface area contributed by atoms with Crippen molar-refractivity contribution in [1.82, 2.24) is 10.2 Å². The Morgan fingerprint density at radius 3 is 2.14 bits per heavy atom. The highest BCUT2D eigenvalue weighted by Crippen LogP contribution is 2.27. The quantitative estimate of drug-likeness (QED) is 0.847. The molecule has 2 rings (SSSR count). The third kappa shape index (κ3) is 4.21. The summed E-state index contributed by atoms with van der Waals surface area (Å²) < 4.78 is 0. The van der Waals surface area contributed by atoms with Gasteiger partial charge in [-0.2, -0.15) is 0 Å². The van der Waals surface area contributed by atoms with Crippen molar-refractivity contribution in [2.75, 3.05) is 13.1 Å². The molecule has 2 fully saturated rings. The zero-order valence-corrected chi connectivity index (χ0v) is 13.6. The maximum absolute atomic E-state index is 12.4. The van der Waals surface area contributed by atoms with E-state index in [1.165, 1.54) is 12.8 Å². The molecule has 1 aliphatic carbocycles. The minimum absolute atomic E-state index is 0.142. The first kappa shape index (κ1) is 16.3. The van der Waals surface area contributed by atoms with Gasteiger partial charge in [0.25, 0.3) is 0 Å². The van der Waals surface area contributed by atoms with Gasteiger partial charge >= 0.3 is 0 Å². The number of hydrogen-bond acceptors (Lipinski definition) is 2. The predicted octanol–water partition coefficient (Wildman–Crippen LogP) is 2.72. The number of carbonyl (C=O) groups is 2. The van der Waals surface area contributed by atoms with Crippen LogP contribution in [0, 0.1) is 11.8 Å². The smallest absolute Gasteiger partial charge is 0.225 e. The molecule has 1 saturated heterocycles. The summed E-state index contributed by atoms with van der Waals surface area (Å²) in [5.74, 6) is 0.974. The van der Waals surface area contributed by atoms with Crippen molar-refractivity contribution in [2.24, 2.45) is 11.8 Å². The molecule has 0 aromatic heterocycles. The SMILES string of the molecule is CCC(CC)C(=O)NC1CCN(C(=O)C2CCCC2)CC1. The van der Waals surface area contributed by atoms with E-state index in [-0.39, 0.29) is 23.8 Å². The second-order valence-corrected chi connectivity index (χ2v) is 6.60. The summed E-state index contributed by atoms with van der Waals surface area (Å²) in [7, 11) is 0. The van der Waals surface area contributed by atoms with E-state index in [2.05, 4.69) is 19.2 Å². The van der Waals surface area contributed by atoms with Crippen LogP contribution in [-0.2, 0) is 9.59 Å². The Morgan fingerprint density at radius 1 is 1.05 bits per heavy atom. The number of nitrogens with one attached hydrogen (secondary N) is 1. The maximum Gasteiger partial charge on any atom is 0.225 e. The molecule has 21 heavy (non-hydrogen) atoms. The number of likely N-dealkylation sites (tertiary alicyclic amines) is 1. The van der Waals surface area contributed by atoms with Crippen molar-refractivity contribution >= 4 is 11.8 Å². The molecule has 0 aromatic carbocycles. The fraction of sp³-hybridized carbons (Fsp3) is 0.882. The van der Waals surface area contributed by atoms with Crippen LogP contribution in [0.1, 0.15) is 65.2 Å². The Morgan fingerprint density at radius 2 is 1.62 bits per heavy atom. The normalized spacial score (nSPS) is 21.0. The minimum Gasteiger partial charge on any atom is -0.353 e. The largest absolute Gasteiger partial charge is 0.353 e. The number of carbonyl (C=O) groups excluding carboxylic acids is 2.